The van der Waals surface area contributed by atoms with Crippen LogP contribution in [0.4, 0.5) is 0 Å². The summed E-state index contributed by atoms with van der Waals surface area (Å²) in [5.41, 5.74) is 4.48. The smallest absolute Gasteiger partial charge is 0.307 e. The fourth-order valence-electron chi connectivity index (χ4n) is 0.939. The van der Waals surface area contributed by atoms with E-state index in [2.05, 4.69) is 0 Å². The van der Waals surface area contributed by atoms with Crippen molar-refractivity contribution in [2.24, 2.45) is 11.7 Å². The van der Waals surface area contributed by atoms with Gasteiger partial charge in [0.05, 0.1) is 5.92 Å². The number of rotatable bonds is 5. The van der Waals surface area contributed by atoms with Crippen molar-refractivity contribution in [2.75, 3.05) is 6.54 Å². The minimum absolute atomic E-state index is 0.235. The molecule has 3 atom stereocenters. The molecule has 0 bridgehead atoms. The van der Waals surface area contributed by atoms with E-state index < -0.39 is 25.6 Å². The zero-order chi connectivity index (χ0) is 9.72. The molecule has 4 N–H and O–H groups in total. The van der Waals surface area contributed by atoms with Gasteiger partial charge in [-0.2, -0.15) is 0 Å². The minimum atomic E-state index is -2.79. The second-order valence-electron chi connectivity index (χ2n) is 2.65. The molecule has 0 saturated carbocycles. The van der Waals surface area contributed by atoms with Crippen molar-refractivity contribution in [1.29, 1.82) is 0 Å². The van der Waals surface area contributed by atoms with E-state index in [0.717, 1.165) is 0 Å². The van der Waals surface area contributed by atoms with E-state index in [0.29, 0.717) is 0 Å². The van der Waals surface area contributed by atoms with Crippen molar-refractivity contribution in [2.45, 2.75) is 19.0 Å². The third-order valence-corrected chi connectivity index (χ3v) is 3.21. The third-order valence-electron chi connectivity index (χ3n) is 1.79. The molecular formula is C6H14NO4P. The summed E-state index contributed by atoms with van der Waals surface area (Å²) < 4.78 is 10.7. The lowest BCUT2D eigenvalue weighted by molar-refractivity contribution is -0.141. The van der Waals surface area contributed by atoms with Gasteiger partial charge in [0.1, 0.15) is 0 Å². The van der Waals surface area contributed by atoms with E-state index in [9.17, 15) is 9.36 Å². The van der Waals surface area contributed by atoms with Crippen molar-refractivity contribution < 1.29 is 19.4 Å². The molecule has 0 saturated heterocycles. The second kappa shape index (κ2) is 5.30. The SMILES string of the molecule is CC(C(=O)O)C(CCN)[PH](=O)O. The Morgan fingerprint density at radius 3 is 2.42 bits per heavy atom. The molecule has 0 aliphatic heterocycles. The van der Waals surface area contributed by atoms with Crippen LogP contribution in [0.15, 0.2) is 0 Å². The highest BCUT2D eigenvalue weighted by atomic mass is 31.1. The molecule has 72 valence electrons. The standard InChI is InChI=1S/C6H14NO4P/c1-4(6(8)9)5(2-3-7)12(10)11/h4-5,12H,2-3,7H2,1H3,(H,8,9)(H,10,11). The lowest BCUT2D eigenvalue weighted by Gasteiger charge is -2.16. The number of hydrogen-bond donors (Lipinski definition) is 3. The van der Waals surface area contributed by atoms with Crippen LogP contribution in [0.3, 0.4) is 0 Å². The monoisotopic (exact) mass is 195 g/mol. The van der Waals surface area contributed by atoms with Gasteiger partial charge in [-0.05, 0) is 13.0 Å². The summed E-state index contributed by atoms with van der Waals surface area (Å²) in [5, 5.41) is 8.55. The number of carboxylic acids is 1. The molecule has 6 heteroatoms. The van der Waals surface area contributed by atoms with Gasteiger partial charge in [-0.25, -0.2) is 0 Å². The van der Waals surface area contributed by atoms with Crippen molar-refractivity contribution in [3.63, 3.8) is 0 Å². The van der Waals surface area contributed by atoms with Gasteiger partial charge in [0.15, 0.2) is 8.03 Å². The molecule has 0 fully saturated rings. The van der Waals surface area contributed by atoms with Crippen LogP contribution in [0.25, 0.3) is 0 Å². The molecule has 12 heavy (non-hydrogen) atoms. The molecule has 0 amide bonds. The maximum atomic E-state index is 10.7. The fourth-order valence-corrected chi connectivity index (χ4v) is 1.92. The van der Waals surface area contributed by atoms with Crippen LogP contribution in [-0.2, 0) is 9.36 Å². The van der Waals surface area contributed by atoms with Gasteiger partial charge in [0.2, 0.25) is 0 Å². The van der Waals surface area contributed by atoms with Crippen molar-refractivity contribution in [3.8, 4) is 0 Å². The molecule has 0 heterocycles. The number of carboxylic acid groups (broad SMARTS) is 1. The molecule has 0 aliphatic rings. The molecule has 0 aromatic rings. The first kappa shape index (κ1) is 11.6. The molecule has 0 aliphatic carbocycles. The predicted octanol–water partition coefficient (Wildman–Crippen LogP) is -0.108. The molecule has 3 unspecified atom stereocenters. The van der Waals surface area contributed by atoms with Crippen LogP contribution in [0, 0.1) is 5.92 Å². The summed E-state index contributed by atoms with van der Waals surface area (Å²) in [5.74, 6) is -1.86. The van der Waals surface area contributed by atoms with Crippen LogP contribution < -0.4 is 5.73 Å². The molecule has 0 aromatic carbocycles. The first-order valence-electron chi connectivity index (χ1n) is 3.66. The summed E-state index contributed by atoms with van der Waals surface area (Å²) in [6.07, 6.45) is 0.280. The Morgan fingerprint density at radius 1 is 1.67 bits per heavy atom. The van der Waals surface area contributed by atoms with Gasteiger partial charge in [-0.3, -0.25) is 9.36 Å². The average Bonchev–Trinajstić information content (AvgIpc) is 1.98. The van der Waals surface area contributed by atoms with Crippen LogP contribution in [0.2, 0.25) is 0 Å². The van der Waals surface area contributed by atoms with Crippen molar-refractivity contribution in [1.82, 2.24) is 0 Å². The van der Waals surface area contributed by atoms with Gasteiger partial charge in [0, 0.05) is 5.66 Å². The van der Waals surface area contributed by atoms with Gasteiger partial charge >= 0.3 is 5.97 Å². The van der Waals surface area contributed by atoms with Crippen molar-refractivity contribution in [3.05, 3.63) is 0 Å². The first-order valence-corrected chi connectivity index (χ1v) is 5.09. The fraction of sp³-hybridized carbons (Fsp3) is 0.833. The zero-order valence-electron chi connectivity index (χ0n) is 6.86. The Bertz CT molecular complexity index is 184. The number of carbonyl (C=O) groups is 1. The summed E-state index contributed by atoms with van der Waals surface area (Å²) in [4.78, 5) is 19.2. The van der Waals surface area contributed by atoms with Gasteiger partial charge in [-0.15, -0.1) is 0 Å². The number of nitrogens with two attached hydrogens (primary N) is 1. The Morgan fingerprint density at radius 2 is 2.17 bits per heavy atom. The van der Waals surface area contributed by atoms with E-state index in [1.54, 1.807) is 0 Å². The van der Waals surface area contributed by atoms with E-state index in [4.69, 9.17) is 15.7 Å². The maximum absolute atomic E-state index is 10.7. The highest BCUT2D eigenvalue weighted by Crippen LogP contribution is 2.31. The highest BCUT2D eigenvalue weighted by Gasteiger charge is 2.26. The maximum Gasteiger partial charge on any atom is 0.307 e. The Hall–Kier alpha value is -0.380. The van der Waals surface area contributed by atoms with Crippen LogP contribution in [0.5, 0.6) is 0 Å². The van der Waals surface area contributed by atoms with E-state index in [1.807, 2.05) is 0 Å². The van der Waals surface area contributed by atoms with E-state index in [1.165, 1.54) is 6.92 Å². The lowest BCUT2D eigenvalue weighted by Crippen LogP contribution is -2.25. The number of aliphatic carboxylic acids is 1. The summed E-state index contributed by atoms with van der Waals surface area (Å²) in [6, 6.07) is 0. The topological polar surface area (TPSA) is 101 Å². The second-order valence-corrected chi connectivity index (χ2v) is 4.07. The molecular weight excluding hydrogens is 181 g/mol. The Labute approximate surface area is 71.4 Å². The zero-order valence-corrected chi connectivity index (χ0v) is 7.86. The molecule has 5 nitrogen and oxygen atoms in total. The largest absolute Gasteiger partial charge is 0.481 e. The van der Waals surface area contributed by atoms with Gasteiger partial charge in [0.25, 0.3) is 0 Å². The third kappa shape index (κ3) is 3.34. The summed E-state index contributed by atoms with van der Waals surface area (Å²) >= 11 is 0. The van der Waals surface area contributed by atoms with Crippen LogP contribution in [0.1, 0.15) is 13.3 Å². The molecule has 0 radical (unpaired) electrons. The van der Waals surface area contributed by atoms with E-state index >= 15 is 0 Å². The summed E-state index contributed by atoms with van der Waals surface area (Å²) in [7, 11) is -2.79. The summed E-state index contributed by atoms with van der Waals surface area (Å²) in [6.45, 7) is 1.65. The normalized spacial score (nSPS) is 18.2. The first-order chi connectivity index (χ1) is 5.50. The minimum Gasteiger partial charge on any atom is -0.481 e. The van der Waals surface area contributed by atoms with Crippen LogP contribution >= 0.6 is 8.03 Å². The van der Waals surface area contributed by atoms with Crippen LogP contribution in [-0.4, -0.2) is 28.2 Å². The molecule has 0 rings (SSSR count). The van der Waals surface area contributed by atoms with Gasteiger partial charge in [-0.1, -0.05) is 6.92 Å². The quantitative estimate of drug-likeness (QED) is 0.531. The lowest BCUT2D eigenvalue weighted by atomic mass is 10.1. The number of hydrogen-bond acceptors (Lipinski definition) is 3. The molecule has 0 spiro atoms. The predicted molar refractivity (Wildman–Crippen MR) is 45.5 cm³/mol. The highest BCUT2D eigenvalue weighted by molar-refractivity contribution is 7.39. The van der Waals surface area contributed by atoms with E-state index in [-0.39, 0.29) is 13.0 Å². The van der Waals surface area contributed by atoms with Crippen molar-refractivity contribution >= 4 is 14.0 Å². The van der Waals surface area contributed by atoms with Gasteiger partial charge < -0.3 is 15.7 Å². The molecule has 0 aromatic heterocycles. The Balaban J connectivity index is 4.28. The Kier molecular flexibility index (Phi) is 5.13. The average molecular weight is 195 g/mol.